The smallest absolute Gasteiger partial charge is 0.756 e. The quantitative estimate of drug-likeness (QED) is 0.184. The van der Waals surface area contributed by atoms with Gasteiger partial charge in [0.2, 0.25) is 5.95 Å². The second-order valence-electron chi connectivity index (χ2n) is 6.03. The molecule has 1 saturated heterocycles. The van der Waals surface area contributed by atoms with Crippen LogP contribution in [0.4, 0.5) is 5.95 Å². The first-order valence-electron chi connectivity index (χ1n) is 7.95. The van der Waals surface area contributed by atoms with Gasteiger partial charge in [-0.2, -0.15) is 4.98 Å². The average molecular weight is 525 g/mol. The molecule has 1 aliphatic rings. The van der Waals surface area contributed by atoms with E-state index in [-0.39, 0.29) is 80.1 Å². The second kappa shape index (κ2) is 12.7. The van der Waals surface area contributed by atoms with Gasteiger partial charge in [0.25, 0.3) is 29.0 Å². The Morgan fingerprint density at radius 1 is 1.21 bits per heavy atom. The predicted molar refractivity (Wildman–Crippen MR) is 90.3 cm³/mol. The van der Waals surface area contributed by atoms with Crippen LogP contribution in [0.15, 0.2) is 11.1 Å². The van der Waals surface area contributed by atoms with E-state index in [0.29, 0.717) is 0 Å². The van der Waals surface area contributed by atoms with E-state index in [1.165, 1.54) is 10.9 Å². The van der Waals surface area contributed by atoms with Crippen LogP contribution in [-0.2, 0) is 31.6 Å². The zero-order valence-corrected chi connectivity index (χ0v) is 20.6. The van der Waals surface area contributed by atoms with Crippen LogP contribution in [0.5, 0.6) is 0 Å². The van der Waals surface area contributed by atoms with Crippen molar-refractivity contribution in [3.8, 4) is 0 Å². The minimum absolute atomic E-state index is 0. The number of aliphatic hydroxyl groups excluding tert-OH is 1. The van der Waals surface area contributed by atoms with Crippen LogP contribution < -0.4 is 82.6 Å². The number of nitrogens with one attached hydrogen (secondary N) is 1. The second-order valence-corrected chi connectivity index (χ2v) is 10.3. The van der Waals surface area contributed by atoms with Crippen LogP contribution in [0, 0.1) is 0 Å². The molecule has 0 radical (unpaired) electrons. The minimum atomic E-state index is -6.05. The summed E-state index contributed by atoms with van der Waals surface area (Å²) in [6, 6.07) is 0. The van der Waals surface area contributed by atoms with Gasteiger partial charge in [-0.3, -0.25) is 28.0 Å². The number of hydrogen-bond donors (Lipinski definition) is 4. The summed E-state index contributed by atoms with van der Waals surface area (Å²) in [5, 5.41) is 10.1. The number of anilines is 1. The average Bonchev–Trinajstić information content (AvgIpc) is 3.13. The number of H-pyrrole nitrogens is 1. The molecule has 174 valence electrons. The van der Waals surface area contributed by atoms with E-state index in [1.54, 1.807) is 0 Å². The number of rotatable bonds is 8. The molecule has 0 aliphatic carbocycles. The maximum absolute atomic E-state index is 11.8. The van der Waals surface area contributed by atoms with E-state index in [1.807, 2.05) is 0 Å². The maximum atomic E-state index is 11.8. The third-order valence-corrected chi connectivity index (χ3v) is 7.46. The van der Waals surface area contributed by atoms with Crippen LogP contribution >= 0.6 is 23.5 Å². The summed E-state index contributed by atoms with van der Waals surface area (Å²) in [6.07, 6.45) is -2.59. The molecule has 24 heteroatoms. The van der Waals surface area contributed by atoms with Crippen molar-refractivity contribution in [2.45, 2.75) is 24.9 Å². The molecule has 3 unspecified atom stereocenters. The van der Waals surface area contributed by atoms with E-state index >= 15 is 0 Å². The SMILES string of the molecule is Nc1nc2c(ncn2[C@H]2C[C@H](O)[C@@H](COP(=O)([O-])OP(=O)([O-])OP(=O)([O-])O)O2)c(=O)[nH]1.[Li+].[Li+].[Li+]. The number of aromatic nitrogens is 4. The monoisotopic (exact) mass is 525 g/mol. The fourth-order valence-corrected chi connectivity index (χ4v) is 5.54. The van der Waals surface area contributed by atoms with Gasteiger partial charge in [-0.1, -0.05) is 0 Å². The van der Waals surface area contributed by atoms with Gasteiger partial charge in [0.15, 0.2) is 11.2 Å². The standard InChI is InChI=1S/C10H16N5O13P3.3Li/c11-10-13-8-7(9(17)14-10)12-3-15(8)6-1-4(16)5(26-6)2-25-30(21,22)28-31(23,24)27-29(18,19)20;;;/h3-6,16H,1-2H2,(H,21,22)(H,23,24)(H2,18,19,20)(H3,11,13,14,17);;;/q;3*+1/p-3/t4-,5+,6+;;;/m0.../s1. The van der Waals surface area contributed by atoms with Gasteiger partial charge in [0.1, 0.15) is 12.3 Å². The number of aliphatic hydroxyl groups is 1. The number of phosphoric acid groups is 3. The van der Waals surface area contributed by atoms with Gasteiger partial charge in [-0.25, -0.2) is 13.6 Å². The third kappa shape index (κ3) is 8.98. The first-order valence-corrected chi connectivity index (χ1v) is 12.4. The maximum Gasteiger partial charge on any atom is 1.00 e. The Labute approximate surface area is 225 Å². The molecule has 18 nitrogen and oxygen atoms in total. The van der Waals surface area contributed by atoms with Crippen molar-refractivity contribution in [2.75, 3.05) is 12.3 Å². The fourth-order valence-electron chi connectivity index (χ4n) is 2.64. The fraction of sp³-hybridized carbons (Fsp3) is 0.500. The Balaban J connectivity index is 0.00000363. The van der Waals surface area contributed by atoms with Gasteiger partial charge < -0.3 is 39.7 Å². The van der Waals surface area contributed by atoms with E-state index < -0.39 is 54.1 Å². The van der Waals surface area contributed by atoms with Crippen molar-refractivity contribution in [3.63, 3.8) is 0 Å². The molecular formula is C10H13Li3N5O13P3. The summed E-state index contributed by atoms with van der Waals surface area (Å²) in [6.45, 7) is -0.949. The summed E-state index contributed by atoms with van der Waals surface area (Å²) >= 11 is 0. The van der Waals surface area contributed by atoms with E-state index in [4.69, 9.17) is 15.4 Å². The molecule has 5 N–H and O–H groups in total. The van der Waals surface area contributed by atoms with Crippen molar-refractivity contribution in [2.24, 2.45) is 0 Å². The molecule has 2 aromatic heterocycles. The molecule has 2 aromatic rings. The van der Waals surface area contributed by atoms with Gasteiger partial charge >= 0.3 is 56.6 Å². The third-order valence-electron chi connectivity index (χ3n) is 3.77. The van der Waals surface area contributed by atoms with Crippen LogP contribution in [0.1, 0.15) is 12.6 Å². The number of nitrogens with zero attached hydrogens (tertiary/aromatic N) is 3. The summed E-state index contributed by atoms with van der Waals surface area (Å²) in [5.74, 6) is -0.211. The molecule has 1 fully saturated rings. The molecule has 3 rings (SSSR count). The molecule has 3 heterocycles. The minimum Gasteiger partial charge on any atom is -0.756 e. The van der Waals surface area contributed by atoms with Crippen LogP contribution in [-0.4, -0.2) is 48.3 Å². The zero-order chi connectivity index (χ0) is 23.2. The number of phosphoric ester groups is 1. The van der Waals surface area contributed by atoms with Gasteiger partial charge in [-0.05, 0) is 0 Å². The van der Waals surface area contributed by atoms with Crippen LogP contribution in [0.25, 0.3) is 11.2 Å². The molecule has 0 spiro atoms. The molecular weight excluding hydrogens is 512 g/mol. The number of aromatic amines is 1. The Hall–Kier alpha value is 0.272. The largest absolute Gasteiger partial charge is 1.00 e. The molecule has 6 atom stereocenters. The first-order chi connectivity index (χ1) is 14.2. The van der Waals surface area contributed by atoms with Crippen molar-refractivity contribution >= 4 is 40.6 Å². The number of hydrogen-bond acceptors (Lipinski definition) is 15. The number of ether oxygens (including phenoxy) is 1. The van der Waals surface area contributed by atoms with Gasteiger partial charge in [0.05, 0.1) is 19.0 Å². The molecule has 0 bridgehead atoms. The Bertz CT molecular complexity index is 1190. The van der Waals surface area contributed by atoms with Gasteiger partial charge in [-0.15, -0.1) is 0 Å². The molecule has 0 aromatic carbocycles. The van der Waals surface area contributed by atoms with Crippen molar-refractivity contribution in [1.82, 2.24) is 19.5 Å². The summed E-state index contributed by atoms with van der Waals surface area (Å²) < 4.78 is 50.8. The topological polar surface area (TPSA) is 287 Å². The first kappa shape index (κ1) is 34.3. The Morgan fingerprint density at radius 3 is 2.41 bits per heavy atom. The summed E-state index contributed by atoms with van der Waals surface area (Å²) in [7, 11) is -17.6. The van der Waals surface area contributed by atoms with E-state index in [9.17, 15) is 38.3 Å². The van der Waals surface area contributed by atoms with Crippen molar-refractivity contribution in [1.29, 1.82) is 0 Å². The number of imidazole rings is 1. The predicted octanol–water partition coefficient (Wildman–Crippen LogP) is -12.2. The number of nitrogen functional groups attached to an aromatic ring is 1. The molecule has 0 amide bonds. The molecule has 0 saturated carbocycles. The molecule has 34 heavy (non-hydrogen) atoms. The van der Waals surface area contributed by atoms with E-state index in [0.717, 1.165) is 0 Å². The Morgan fingerprint density at radius 2 is 1.82 bits per heavy atom. The van der Waals surface area contributed by atoms with E-state index in [2.05, 4.69) is 28.1 Å². The van der Waals surface area contributed by atoms with Crippen LogP contribution in [0.3, 0.4) is 0 Å². The number of fused-ring (bicyclic) bond motifs is 1. The molecule has 1 aliphatic heterocycles. The van der Waals surface area contributed by atoms with Crippen molar-refractivity contribution < 1.29 is 113 Å². The zero-order valence-electron chi connectivity index (χ0n) is 17.9. The van der Waals surface area contributed by atoms with Crippen molar-refractivity contribution in [3.05, 3.63) is 16.7 Å². The Kier molecular flexibility index (Phi) is 12.8. The van der Waals surface area contributed by atoms with Gasteiger partial charge in [0, 0.05) is 6.42 Å². The number of nitrogens with two attached hydrogens (primary N) is 1. The summed E-state index contributed by atoms with van der Waals surface area (Å²) in [4.78, 5) is 63.3. The van der Waals surface area contributed by atoms with Crippen LogP contribution in [0.2, 0.25) is 0 Å². The summed E-state index contributed by atoms with van der Waals surface area (Å²) in [5.41, 5.74) is 4.80. The normalized spacial score (nSPS) is 25.1.